The van der Waals surface area contributed by atoms with Gasteiger partial charge in [-0.25, -0.2) is 9.97 Å². The van der Waals surface area contributed by atoms with E-state index in [-0.39, 0.29) is 10.8 Å². The van der Waals surface area contributed by atoms with E-state index < -0.39 is 0 Å². The number of para-hydroxylation sites is 1. The second-order valence-electron chi connectivity index (χ2n) is 17.4. The Morgan fingerprint density at radius 1 is 0.509 bits per heavy atom. The maximum absolute atomic E-state index is 5.38. The molecule has 0 saturated heterocycles. The van der Waals surface area contributed by atoms with Crippen molar-refractivity contribution in [1.82, 2.24) is 19.1 Å². The molecule has 276 valence electrons. The molecule has 57 heavy (non-hydrogen) atoms. The van der Waals surface area contributed by atoms with Crippen molar-refractivity contribution in [1.29, 1.82) is 0 Å². The van der Waals surface area contributed by atoms with Gasteiger partial charge in [0.1, 0.15) is 5.82 Å². The van der Waals surface area contributed by atoms with Gasteiger partial charge in [0.05, 0.1) is 27.8 Å². The summed E-state index contributed by atoms with van der Waals surface area (Å²) in [5.41, 5.74) is 11.9. The molecule has 0 N–H and O–H groups in total. The number of aromatic nitrogens is 4. The molecule has 11 rings (SSSR count). The molecule has 0 bridgehead atoms. The zero-order chi connectivity index (χ0) is 38.6. The summed E-state index contributed by atoms with van der Waals surface area (Å²) in [7, 11) is 0. The molecule has 1 atom stereocenters. The van der Waals surface area contributed by atoms with E-state index in [0.717, 1.165) is 40.1 Å². The van der Waals surface area contributed by atoms with Crippen LogP contribution in [0.3, 0.4) is 0 Å². The predicted octanol–water partition coefficient (Wildman–Crippen LogP) is 13.8. The van der Waals surface area contributed by atoms with Crippen molar-refractivity contribution >= 4 is 54.4 Å². The van der Waals surface area contributed by atoms with Crippen LogP contribution in [-0.4, -0.2) is 19.1 Å². The molecule has 0 fully saturated rings. The van der Waals surface area contributed by atoms with E-state index in [4.69, 9.17) is 9.97 Å². The Morgan fingerprint density at radius 2 is 1.19 bits per heavy atom. The molecule has 10 aromatic rings. The minimum Gasteiger partial charge on any atom is -0.309 e. The second-order valence-corrected chi connectivity index (χ2v) is 17.4. The summed E-state index contributed by atoms with van der Waals surface area (Å²) in [4.78, 5) is 10.5. The normalized spacial score (nSPS) is 16.2. The van der Waals surface area contributed by atoms with Crippen molar-refractivity contribution in [3.63, 3.8) is 0 Å². The number of nitrogens with zero attached hydrogens (tertiary/aromatic N) is 4. The van der Waals surface area contributed by atoms with Crippen LogP contribution in [-0.2, 0) is 10.8 Å². The molecule has 0 amide bonds. The van der Waals surface area contributed by atoms with E-state index in [9.17, 15) is 0 Å². The topological polar surface area (TPSA) is 35.6 Å². The van der Waals surface area contributed by atoms with E-state index in [1.807, 2.05) is 6.07 Å². The maximum atomic E-state index is 5.38. The molecule has 7 aromatic carbocycles. The third kappa shape index (κ3) is 5.06. The summed E-state index contributed by atoms with van der Waals surface area (Å²) in [6.45, 7) is 12.1. The van der Waals surface area contributed by atoms with Crippen LogP contribution < -0.4 is 0 Å². The zero-order valence-corrected chi connectivity index (χ0v) is 33.1. The first-order valence-corrected chi connectivity index (χ1v) is 20.2. The van der Waals surface area contributed by atoms with Crippen molar-refractivity contribution in [2.45, 2.75) is 51.9 Å². The SMILES string of the molecule is CC1CC(C)(C)c2cc(-n3c4ccccc4c4cc5c6c7ccccc7ccc6n(-c6cc(-c7ccccc7)nc(-c7ccccc7)n6)c5cc43)ccc2C1(C)C. The molecule has 3 heterocycles. The van der Waals surface area contributed by atoms with E-state index in [1.54, 1.807) is 0 Å². The lowest BCUT2D eigenvalue weighted by Crippen LogP contribution is -2.40. The van der Waals surface area contributed by atoms with Gasteiger partial charge in [-0.15, -0.1) is 0 Å². The number of fused-ring (bicyclic) bond motifs is 9. The summed E-state index contributed by atoms with van der Waals surface area (Å²) in [6.07, 6.45) is 1.16. The van der Waals surface area contributed by atoms with Gasteiger partial charge in [0, 0.05) is 44.4 Å². The summed E-state index contributed by atoms with van der Waals surface area (Å²) in [6, 6.07) is 57.3. The Hall–Kier alpha value is -6.52. The fourth-order valence-corrected chi connectivity index (χ4v) is 9.98. The second kappa shape index (κ2) is 12.2. The van der Waals surface area contributed by atoms with Crippen LogP contribution in [0.25, 0.3) is 88.5 Å². The highest BCUT2D eigenvalue weighted by Crippen LogP contribution is 2.50. The van der Waals surface area contributed by atoms with Crippen molar-refractivity contribution in [3.05, 3.63) is 169 Å². The molecule has 1 unspecified atom stereocenters. The largest absolute Gasteiger partial charge is 0.309 e. The molecule has 3 aromatic heterocycles. The smallest absolute Gasteiger partial charge is 0.162 e. The fourth-order valence-electron chi connectivity index (χ4n) is 9.98. The first-order valence-electron chi connectivity index (χ1n) is 20.2. The van der Waals surface area contributed by atoms with E-state index in [1.165, 1.54) is 60.2 Å². The van der Waals surface area contributed by atoms with Crippen LogP contribution in [0.2, 0.25) is 0 Å². The van der Waals surface area contributed by atoms with Crippen molar-refractivity contribution < 1.29 is 0 Å². The molecule has 1 aliphatic carbocycles. The van der Waals surface area contributed by atoms with Crippen molar-refractivity contribution in [2.75, 3.05) is 0 Å². The van der Waals surface area contributed by atoms with Gasteiger partial charge in [0.2, 0.25) is 0 Å². The lowest BCUT2D eigenvalue weighted by atomic mass is 9.58. The van der Waals surface area contributed by atoms with Gasteiger partial charge in [0.25, 0.3) is 0 Å². The Balaban J connectivity index is 1.26. The highest BCUT2D eigenvalue weighted by molar-refractivity contribution is 6.25. The summed E-state index contributed by atoms with van der Waals surface area (Å²) >= 11 is 0. The minimum absolute atomic E-state index is 0.0692. The maximum Gasteiger partial charge on any atom is 0.162 e. The lowest BCUT2D eigenvalue weighted by molar-refractivity contribution is 0.233. The average Bonchev–Trinajstić information content (AvgIpc) is 3.74. The number of benzene rings is 7. The Kier molecular flexibility index (Phi) is 7.25. The van der Waals surface area contributed by atoms with Crippen molar-refractivity contribution in [2.24, 2.45) is 5.92 Å². The first kappa shape index (κ1) is 33.8. The van der Waals surface area contributed by atoms with Gasteiger partial charge in [0.15, 0.2) is 5.82 Å². The summed E-state index contributed by atoms with van der Waals surface area (Å²) in [5, 5.41) is 7.39. The Bertz CT molecular complexity index is 3160. The van der Waals surface area contributed by atoms with Crippen LogP contribution in [0.5, 0.6) is 0 Å². The quantitative estimate of drug-likeness (QED) is 0.180. The molecule has 4 heteroatoms. The molecule has 4 nitrogen and oxygen atoms in total. The molecule has 0 spiro atoms. The first-order chi connectivity index (χ1) is 27.7. The monoisotopic (exact) mass is 736 g/mol. The zero-order valence-electron chi connectivity index (χ0n) is 33.1. The summed E-state index contributed by atoms with van der Waals surface area (Å²) in [5.74, 6) is 2.13. The molecule has 0 radical (unpaired) electrons. The van der Waals surface area contributed by atoms with Crippen LogP contribution in [0, 0.1) is 5.92 Å². The average molecular weight is 737 g/mol. The van der Waals surface area contributed by atoms with Gasteiger partial charge in [-0.05, 0) is 81.5 Å². The third-order valence-corrected chi connectivity index (χ3v) is 13.2. The van der Waals surface area contributed by atoms with Gasteiger partial charge in [-0.2, -0.15) is 0 Å². The molecule has 0 saturated carbocycles. The fraction of sp³-hybridized carbons (Fsp3) is 0.170. The number of rotatable bonds is 4. The van der Waals surface area contributed by atoms with E-state index >= 15 is 0 Å². The number of hydrogen-bond acceptors (Lipinski definition) is 2. The predicted molar refractivity (Wildman–Crippen MR) is 239 cm³/mol. The van der Waals surface area contributed by atoms with Crippen LogP contribution in [0.1, 0.15) is 52.2 Å². The molecule has 1 aliphatic rings. The molecular weight excluding hydrogens is 693 g/mol. The molecule has 0 aliphatic heterocycles. The Morgan fingerprint density at radius 3 is 1.98 bits per heavy atom. The van der Waals surface area contributed by atoms with E-state index in [0.29, 0.717) is 11.7 Å². The summed E-state index contributed by atoms with van der Waals surface area (Å²) < 4.78 is 4.87. The Labute approximate surface area is 333 Å². The standard InChI is InChI=1S/C53H44N4/c1-33-32-52(2,3)43-28-37(25-26-42(43)53(33,4)5)56-45-23-15-14-22-39(45)40-29-41-48(31-47(40)56)57(46-27-24-34-16-12-13-21-38(34)50(41)46)49-30-44(35-17-8-6-9-18-35)54-51(55-49)36-19-10-7-11-20-36/h6-31,33H,32H2,1-5H3. The highest BCUT2D eigenvalue weighted by atomic mass is 15.1. The minimum atomic E-state index is 0.0692. The van der Waals surface area contributed by atoms with Gasteiger partial charge in [-0.3, -0.25) is 4.57 Å². The third-order valence-electron chi connectivity index (χ3n) is 13.2. The lowest BCUT2D eigenvalue weighted by Gasteiger charge is -2.46. The molecular formula is C53H44N4. The van der Waals surface area contributed by atoms with E-state index in [2.05, 4.69) is 195 Å². The highest BCUT2D eigenvalue weighted by Gasteiger charge is 2.42. The van der Waals surface area contributed by atoms with Gasteiger partial charge >= 0.3 is 0 Å². The van der Waals surface area contributed by atoms with Gasteiger partial charge < -0.3 is 4.57 Å². The van der Waals surface area contributed by atoms with Crippen LogP contribution in [0.4, 0.5) is 0 Å². The number of hydrogen-bond donors (Lipinski definition) is 0. The van der Waals surface area contributed by atoms with Crippen LogP contribution in [0.15, 0.2) is 158 Å². The van der Waals surface area contributed by atoms with Crippen LogP contribution >= 0.6 is 0 Å². The van der Waals surface area contributed by atoms with Crippen molar-refractivity contribution in [3.8, 4) is 34.2 Å². The van der Waals surface area contributed by atoms with Gasteiger partial charge in [-0.1, -0.05) is 150 Å².